The standard InChI is InChI=1S/C25H19N7O/c1-16-8-22-23(10-21(16)19-6-3-7-27-12-19)30-31-24(22)25(33)29-20-13-28-32(15-20)14-18-5-2-4-17(9-18)11-26/h2-10,12-13,15H,14H2,1H3,(H,29,33)(H,30,31). The summed E-state index contributed by atoms with van der Waals surface area (Å²) in [6.45, 7) is 2.49. The van der Waals surface area contributed by atoms with Gasteiger partial charge in [0.25, 0.3) is 5.91 Å². The Morgan fingerprint density at radius 3 is 2.91 bits per heavy atom. The number of anilines is 1. The van der Waals surface area contributed by atoms with Crippen LogP contribution in [0, 0.1) is 18.3 Å². The molecule has 8 nitrogen and oxygen atoms in total. The van der Waals surface area contributed by atoms with E-state index in [1.165, 1.54) is 0 Å². The molecule has 5 aromatic rings. The summed E-state index contributed by atoms with van der Waals surface area (Å²) in [5, 5.41) is 24.2. The Bertz CT molecular complexity index is 1510. The minimum Gasteiger partial charge on any atom is -0.318 e. The van der Waals surface area contributed by atoms with Gasteiger partial charge in [0.15, 0.2) is 5.69 Å². The van der Waals surface area contributed by atoms with E-state index in [4.69, 9.17) is 5.26 Å². The number of nitrogens with one attached hydrogen (secondary N) is 2. The van der Waals surface area contributed by atoms with Crippen molar-refractivity contribution in [1.29, 1.82) is 5.26 Å². The number of aromatic amines is 1. The predicted molar refractivity (Wildman–Crippen MR) is 125 cm³/mol. The number of carbonyl (C=O) groups is 1. The number of H-pyrrole nitrogens is 1. The van der Waals surface area contributed by atoms with Crippen molar-refractivity contribution in [3.8, 4) is 17.2 Å². The van der Waals surface area contributed by atoms with Gasteiger partial charge in [0.05, 0.1) is 35.6 Å². The third-order valence-corrected chi connectivity index (χ3v) is 5.39. The van der Waals surface area contributed by atoms with Gasteiger partial charge >= 0.3 is 0 Å². The Balaban J connectivity index is 1.35. The highest BCUT2D eigenvalue weighted by molar-refractivity contribution is 6.11. The molecule has 160 valence electrons. The van der Waals surface area contributed by atoms with Gasteiger partial charge in [-0.3, -0.25) is 19.6 Å². The van der Waals surface area contributed by atoms with Crippen LogP contribution in [-0.2, 0) is 6.54 Å². The highest BCUT2D eigenvalue weighted by Gasteiger charge is 2.17. The molecule has 2 N–H and O–H groups in total. The first-order valence-electron chi connectivity index (χ1n) is 10.3. The van der Waals surface area contributed by atoms with Gasteiger partial charge in [-0.25, -0.2) is 0 Å². The summed E-state index contributed by atoms with van der Waals surface area (Å²) in [5.74, 6) is -0.319. The summed E-state index contributed by atoms with van der Waals surface area (Å²) in [6.07, 6.45) is 6.89. The second-order valence-corrected chi connectivity index (χ2v) is 7.72. The minimum absolute atomic E-state index is 0.319. The van der Waals surface area contributed by atoms with Crippen molar-refractivity contribution in [1.82, 2.24) is 25.0 Å². The van der Waals surface area contributed by atoms with Gasteiger partial charge in [-0.15, -0.1) is 0 Å². The van der Waals surface area contributed by atoms with Crippen LogP contribution < -0.4 is 5.32 Å². The second kappa shape index (κ2) is 8.40. The van der Waals surface area contributed by atoms with Gasteiger partial charge in [0.2, 0.25) is 0 Å². The molecule has 0 aliphatic carbocycles. The monoisotopic (exact) mass is 433 g/mol. The normalized spacial score (nSPS) is 10.8. The number of nitriles is 1. The summed E-state index contributed by atoms with van der Waals surface area (Å²) in [5.41, 5.74) is 6.28. The van der Waals surface area contributed by atoms with E-state index in [9.17, 15) is 4.79 Å². The maximum absolute atomic E-state index is 12.9. The fourth-order valence-electron chi connectivity index (χ4n) is 3.81. The first-order valence-corrected chi connectivity index (χ1v) is 10.3. The van der Waals surface area contributed by atoms with E-state index in [0.717, 1.165) is 33.2 Å². The van der Waals surface area contributed by atoms with Crippen molar-refractivity contribution in [2.75, 3.05) is 5.32 Å². The molecule has 8 heteroatoms. The minimum atomic E-state index is -0.319. The van der Waals surface area contributed by atoms with Crippen molar-refractivity contribution in [3.05, 3.63) is 95.7 Å². The lowest BCUT2D eigenvalue weighted by atomic mass is 9.99. The number of hydrogen-bond acceptors (Lipinski definition) is 5. The van der Waals surface area contributed by atoms with Gasteiger partial charge in [0.1, 0.15) is 0 Å². The van der Waals surface area contributed by atoms with Gasteiger partial charge in [-0.1, -0.05) is 18.2 Å². The number of aryl methyl sites for hydroxylation is 1. The van der Waals surface area contributed by atoms with Crippen LogP contribution in [0.2, 0.25) is 0 Å². The van der Waals surface area contributed by atoms with E-state index >= 15 is 0 Å². The number of aromatic nitrogens is 5. The Hall–Kier alpha value is -4.77. The molecule has 3 aromatic heterocycles. The van der Waals surface area contributed by atoms with Crippen LogP contribution >= 0.6 is 0 Å². The SMILES string of the molecule is Cc1cc2c(C(=O)Nc3cnn(Cc4cccc(C#N)c4)c3)n[nH]c2cc1-c1cccnc1. The molecule has 0 saturated heterocycles. The van der Waals surface area contributed by atoms with Crippen molar-refractivity contribution in [3.63, 3.8) is 0 Å². The average molecular weight is 433 g/mol. The molecule has 0 fully saturated rings. The Morgan fingerprint density at radius 2 is 2.09 bits per heavy atom. The molecule has 0 unspecified atom stereocenters. The number of amides is 1. The summed E-state index contributed by atoms with van der Waals surface area (Å²) in [6, 6.07) is 17.3. The summed E-state index contributed by atoms with van der Waals surface area (Å²) in [4.78, 5) is 17.1. The van der Waals surface area contributed by atoms with Crippen LogP contribution in [-0.4, -0.2) is 30.9 Å². The zero-order valence-corrected chi connectivity index (χ0v) is 17.8. The molecule has 0 saturated carbocycles. The first-order chi connectivity index (χ1) is 16.1. The number of carbonyl (C=O) groups excluding carboxylic acids is 1. The Kier molecular flexibility index (Phi) is 5.13. The number of benzene rings is 2. The molecule has 3 heterocycles. The number of pyridine rings is 1. The van der Waals surface area contributed by atoms with Gasteiger partial charge < -0.3 is 5.32 Å². The number of nitrogens with zero attached hydrogens (tertiary/aromatic N) is 5. The molecule has 0 spiro atoms. The quantitative estimate of drug-likeness (QED) is 0.429. The summed E-state index contributed by atoms with van der Waals surface area (Å²) >= 11 is 0. The molecular weight excluding hydrogens is 414 g/mol. The third-order valence-electron chi connectivity index (χ3n) is 5.39. The second-order valence-electron chi connectivity index (χ2n) is 7.72. The maximum atomic E-state index is 12.9. The molecule has 0 aliphatic rings. The van der Waals surface area contributed by atoms with Crippen molar-refractivity contribution < 1.29 is 4.79 Å². The molecule has 0 aliphatic heterocycles. The Morgan fingerprint density at radius 1 is 1.18 bits per heavy atom. The highest BCUT2D eigenvalue weighted by atomic mass is 16.2. The van der Waals surface area contributed by atoms with Crippen LogP contribution in [0.4, 0.5) is 5.69 Å². The number of fused-ring (bicyclic) bond motifs is 1. The maximum Gasteiger partial charge on any atom is 0.276 e. The number of hydrogen-bond donors (Lipinski definition) is 2. The number of rotatable bonds is 5. The van der Waals surface area contributed by atoms with Crippen LogP contribution in [0.25, 0.3) is 22.0 Å². The van der Waals surface area contributed by atoms with Gasteiger partial charge in [0, 0.05) is 29.5 Å². The zero-order chi connectivity index (χ0) is 22.8. The van der Waals surface area contributed by atoms with Crippen LogP contribution in [0.3, 0.4) is 0 Å². The zero-order valence-electron chi connectivity index (χ0n) is 17.8. The van der Waals surface area contributed by atoms with E-state index in [-0.39, 0.29) is 5.91 Å². The largest absolute Gasteiger partial charge is 0.318 e. The molecule has 1 amide bonds. The van der Waals surface area contributed by atoms with Gasteiger partial charge in [-0.2, -0.15) is 15.5 Å². The lowest BCUT2D eigenvalue weighted by Gasteiger charge is -2.06. The van der Waals surface area contributed by atoms with Crippen molar-refractivity contribution >= 4 is 22.5 Å². The van der Waals surface area contributed by atoms with Crippen LogP contribution in [0.15, 0.2) is 73.3 Å². The predicted octanol–water partition coefficient (Wildman–Crippen LogP) is 4.30. The van der Waals surface area contributed by atoms with Gasteiger partial charge in [-0.05, 0) is 53.9 Å². The fraction of sp³-hybridized carbons (Fsp3) is 0.0800. The first kappa shape index (κ1) is 20.2. The molecule has 5 rings (SSSR count). The molecule has 0 bridgehead atoms. The molecule has 33 heavy (non-hydrogen) atoms. The third kappa shape index (κ3) is 4.07. The summed E-state index contributed by atoms with van der Waals surface area (Å²) in [7, 11) is 0. The smallest absolute Gasteiger partial charge is 0.276 e. The van der Waals surface area contributed by atoms with E-state index in [1.807, 2.05) is 55.6 Å². The Labute approximate surface area is 189 Å². The highest BCUT2D eigenvalue weighted by Crippen LogP contribution is 2.28. The van der Waals surface area contributed by atoms with Crippen molar-refractivity contribution in [2.45, 2.75) is 13.5 Å². The van der Waals surface area contributed by atoms with E-state index in [2.05, 4.69) is 31.7 Å². The molecular formula is C25H19N7O. The van der Waals surface area contributed by atoms with E-state index in [1.54, 1.807) is 29.3 Å². The molecule has 0 atom stereocenters. The summed E-state index contributed by atoms with van der Waals surface area (Å²) < 4.78 is 1.71. The topological polar surface area (TPSA) is 112 Å². The average Bonchev–Trinajstić information content (AvgIpc) is 3.45. The van der Waals surface area contributed by atoms with Crippen molar-refractivity contribution in [2.24, 2.45) is 0 Å². The van der Waals surface area contributed by atoms with E-state index < -0.39 is 0 Å². The van der Waals surface area contributed by atoms with Crippen LogP contribution in [0.1, 0.15) is 27.2 Å². The van der Waals surface area contributed by atoms with Crippen LogP contribution in [0.5, 0.6) is 0 Å². The lowest BCUT2D eigenvalue weighted by Crippen LogP contribution is -2.12. The lowest BCUT2D eigenvalue weighted by molar-refractivity contribution is 0.102. The molecule has 2 aromatic carbocycles. The molecule has 0 radical (unpaired) electrons. The van der Waals surface area contributed by atoms with E-state index in [0.29, 0.717) is 23.5 Å². The fourth-order valence-corrected chi connectivity index (χ4v) is 3.81.